The van der Waals surface area contributed by atoms with Crippen LogP contribution in [-0.4, -0.2) is 23.3 Å². The number of amides is 2. The maximum absolute atomic E-state index is 12.8. The fourth-order valence-electron chi connectivity index (χ4n) is 2.87. The predicted molar refractivity (Wildman–Crippen MR) is 114 cm³/mol. The third-order valence-electron chi connectivity index (χ3n) is 4.55. The molecule has 2 aromatic carbocycles. The number of nitrogens with one attached hydrogen (secondary N) is 2. The largest absolute Gasteiger partial charge is 0.416 e. The van der Waals surface area contributed by atoms with Gasteiger partial charge in [-0.15, -0.1) is 11.3 Å². The Morgan fingerprint density at radius 1 is 1.03 bits per heavy atom. The molecule has 5 nitrogen and oxygen atoms in total. The molecular weight excluding hydrogens is 427 g/mol. The van der Waals surface area contributed by atoms with Gasteiger partial charge >= 0.3 is 6.18 Å². The molecule has 0 saturated carbocycles. The van der Waals surface area contributed by atoms with Crippen molar-refractivity contribution in [3.8, 4) is 10.6 Å². The number of alkyl halides is 3. The van der Waals surface area contributed by atoms with Crippen molar-refractivity contribution in [1.82, 2.24) is 10.3 Å². The second kappa shape index (κ2) is 8.89. The predicted octanol–water partition coefficient (Wildman–Crippen LogP) is 5.45. The first-order chi connectivity index (χ1) is 14.6. The molecular formula is C22H20F3N3O2S. The quantitative estimate of drug-likeness (QED) is 0.547. The van der Waals surface area contributed by atoms with Gasteiger partial charge in [0.15, 0.2) is 0 Å². The zero-order chi connectivity index (χ0) is 22.8. The molecule has 162 valence electrons. The number of carbonyl (C=O) groups is 2. The number of nitrogens with zero attached hydrogens (tertiary/aromatic N) is 1. The molecule has 0 bridgehead atoms. The highest BCUT2D eigenvalue weighted by molar-refractivity contribution is 7.17. The van der Waals surface area contributed by atoms with E-state index in [1.807, 2.05) is 13.8 Å². The van der Waals surface area contributed by atoms with Gasteiger partial charge in [0.25, 0.3) is 11.8 Å². The summed E-state index contributed by atoms with van der Waals surface area (Å²) < 4.78 is 38.3. The SMILES string of the molecule is CCNC(=O)c1ccc(C)c(NC(=O)c2sc(-c3ccc(C(F)(F)F)cc3)nc2C)c1. The molecule has 3 aromatic rings. The van der Waals surface area contributed by atoms with Crippen molar-refractivity contribution in [3.05, 3.63) is 69.7 Å². The Labute approximate surface area is 181 Å². The molecule has 31 heavy (non-hydrogen) atoms. The van der Waals surface area contributed by atoms with E-state index in [1.54, 1.807) is 25.1 Å². The minimum atomic E-state index is -4.41. The fourth-order valence-corrected chi connectivity index (χ4v) is 3.84. The van der Waals surface area contributed by atoms with Gasteiger partial charge in [0.2, 0.25) is 0 Å². The molecule has 2 amide bonds. The van der Waals surface area contributed by atoms with Crippen LogP contribution in [-0.2, 0) is 6.18 Å². The van der Waals surface area contributed by atoms with E-state index in [4.69, 9.17) is 0 Å². The van der Waals surface area contributed by atoms with Crippen LogP contribution in [0.1, 0.15) is 43.8 Å². The molecule has 9 heteroatoms. The minimum Gasteiger partial charge on any atom is -0.352 e. The van der Waals surface area contributed by atoms with Crippen LogP contribution >= 0.6 is 11.3 Å². The Balaban J connectivity index is 1.83. The van der Waals surface area contributed by atoms with E-state index in [1.165, 1.54) is 12.1 Å². The van der Waals surface area contributed by atoms with Crippen molar-refractivity contribution in [2.45, 2.75) is 26.9 Å². The summed E-state index contributed by atoms with van der Waals surface area (Å²) in [5.41, 5.74) is 1.92. The maximum Gasteiger partial charge on any atom is 0.416 e. The number of anilines is 1. The summed E-state index contributed by atoms with van der Waals surface area (Å²) in [7, 11) is 0. The minimum absolute atomic E-state index is 0.239. The summed E-state index contributed by atoms with van der Waals surface area (Å²) in [5, 5.41) is 5.96. The lowest BCUT2D eigenvalue weighted by atomic mass is 10.1. The fraction of sp³-hybridized carbons (Fsp3) is 0.227. The van der Waals surface area contributed by atoms with Gasteiger partial charge in [-0.05, 0) is 50.6 Å². The van der Waals surface area contributed by atoms with Crippen molar-refractivity contribution in [2.24, 2.45) is 0 Å². The summed E-state index contributed by atoms with van der Waals surface area (Å²) in [4.78, 5) is 29.6. The zero-order valence-electron chi connectivity index (χ0n) is 17.1. The number of aromatic nitrogens is 1. The number of rotatable bonds is 5. The molecule has 0 aliphatic carbocycles. The molecule has 0 atom stereocenters. The van der Waals surface area contributed by atoms with E-state index in [-0.39, 0.29) is 5.91 Å². The van der Waals surface area contributed by atoms with E-state index < -0.39 is 17.6 Å². The first-order valence-electron chi connectivity index (χ1n) is 9.45. The van der Waals surface area contributed by atoms with Crippen LogP contribution in [0.25, 0.3) is 10.6 Å². The average molecular weight is 447 g/mol. The Hall–Kier alpha value is -3.20. The van der Waals surface area contributed by atoms with Crippen LogP contribution in [0.5, 0.6) is 0 Å². The smallest absolute Gasteiger partial charge is 0.352 e. The van der Waals surface area contributed by atoms with Gasteiger partial charge in [-0.3, -0.25) is 9.59 Å². The molecule has 0 aliphatic rings. The summed E-state index contributed by atoms with van der Waals surface area (Å²) >= 11 is 1.09. The molecule has 1 heterocycles. The summed E-state index contributed by atoms with van der Waals surface area (Å²) in [6.07, 6.45) is -4.41. The van der Waals surface area contributed by atoms with E-state index >= 15 is 0 Å². The number of thiazole rings is 1. The lowest BCUT2D eigenvalue weighted by Crippen LogP contribution is -2.23. The number of aryl methyl sites for hydroxylation is 2. The van der Waals surface area contributed by atoms with E-state index in [0.29, 0.717) is 38.9 Å². The Morgan fingerprint density at radius 2 is 1.71 bits per heavy atom. The van der Waals surface area contributed by atoms with Crippen molar-refractivity contribution in [3.63, 3.8) is 0 Å². The number of hydrogen-bond donors (Lipinski definition) is 2. The zero-order valence-corrected chi connectivity index (χ0v) is 17.9. The van der Waals surface area contributed by atoms with Crippen molar-refractivity contribution >= 4 is 28.8 Å². The third kappa shape index (κ3) is 5.11. The van der Waals surface area contributed by atoms with E-state index in [2.05, 4.69) is 15.6 Å². The standard InChI is InChI=1S/C22H20F3N3O2S/c1-4-26-19(29)15-6-5-12(2)17(11-15)28-20(30)18-13(3)27-21(31-18)14-7-9-16(10-8-14)22(23,24)25/h5-11H,4H2,1-3H3,(H,26,29)(H,28,30). The molecule has 0 saturated heterocycles. The van der Waals surface area contributed by atoms with E-state index in [0.717, 1.165) is 29.0 Å². The topological polar surface area (TPSA) is 71.1 Å². The molecule has 0 fully saturated rings. The lowest BCUT2D eigenvalue weighted by molar-refractivity contribution is -0.137. The van der Waals surface area contributed by atoms with Gasteiger partial charge < -0.3 is 10.6 Å². The Kier molecular flexibility index (Phi) is 6.45. The Morgan fingerprint density at radius 3 is 2.32 bits per heavy atom. The van der Waals surface area contributed by atoms with Crippen LogP contribution in [0.2, 0.25) is 0 Å². The summed E-state index contributed by atoms with van der Waals surface area (Å²) in [6, 6.07) is 9.67. The maximum atomic E-state index is 12.8. The monoisotopic (exact) mass is 447 g/mol. The molecule has 0 unspecified atom stereocenters. The van der Waals surface area contributed by atoms with Gasteiger partial charge in [-0.1, -0.05) is 18.2 Å². The second-order valence-electron chi connectivity index (χ2n) is 6.85. The normalized spacial score (nSPS) is 11.3. The van der Waals surface area contributed by atoms with Gasteiger partial charge in [0.1, 0.15) is 9.88 Å². The van der Waals surface area contributed by atoms with E-state index in [9.17, 15) is 22.8 Å². The molecule has 0 aliphatic heterocycles. The summed E-state index contributed by atoms with van der Waals surface area (Å²) in [6.45, 7) is 5.78. The Bertz CT molecular complexity index is 1120. The lowest BCUT2D eigenvalue weighted by Gasteiger charge is -2.10. The molecule has 0 radical (unpaired) electrons. The van der Waals surface area contributed by atoms with Gasteiger partial charge in [0.05, 0.1) is 11.3 Å². The average Bonchev–Trinajstić information content (AvgIpc) is 3.11. The molecule has 2 N–H and O–H groups in total. The van der Waals surface area contributed by atoms with Gasteiger partial charge in [0, 0.05) is 23.4 Å². The first-order valence-corrected chi connectivity index (χ1v) is 10.3. The van der Waals surface area contributed by atoms with Crippen molar-refractivity contribution in [2.75, 3.05) is 11.9 Å². The molecule has 1 aromatic heterocycles. The first kappa shape index (κ1) is 22.5. The van der Waals surface area contributed by atoms with Crippen LogP contribution in [0.3, 0.4) is 0 Å². The number of benzene rings is 2. The van der Waals surface area contributed by atoms with Gasteiger partial charge in [-0.2, -0.15) is 13.2 Å². The van der Waals surface area contributed by atoms with Crippen LogP contribution in [0, 0.1) is 13.8 Å². The second-order valence-corrected chi connectivity index (χ2v) is 7.85. The third-order valence-corrected chi connectivity index (χ3v) is 5.75. The van der Waals surface area contributed by atoms with Crippen LogP contribution in [0.4, 0.5) is 18.9 Å². The van der Waals surface area contributed by atoms with Crippen molar-refractivity contribution in [1.29, 1.82) is 0 Å². The van der Waals surface area contributed by atoms with Crippen LogP contribution in [0.15, 0.2) is 42.5 Å². The van der Waals surface area contributed by atoms with Gasteiger partial charge in [-0.25, -0.2) is 4.98 Å². The number of carbonyl (C=O) groups excluding carboxylic acids is 2. The summed E-state index contributed by atoms with van der Waals surface area (Å²) in [5.74, 6) is -0.638. The molecule has 0 spiro atoms. The highest BCUT2D eigenvalue weighted by atomic mass is 32.1. The number of hydrogen-bond acceptors (Lipinski definition) is 4. The highest BCUT2D eigenvalue weighted by Crippen LogP contribution is 2.33. The van der Waals surface area contributed by atoms with Crippen molar-refractivity contribution < 1.29 is 22.8 Å². The highest BCUT2D eigenvalue weighted by Gasteiger charge is 2.30. The number of halogens is 3. The molecule has 3 rings (SSSR count). The van der Waals surface area contributed by atoms with Crippen LogP contribution < -0.4 is 10.6 Å².